The van der Waals surface area contributed by atoms with E-state index in [2.05, 4.69) is 15.6 Å². The Bertz CT molecular complexity index is 1840. The average molecular weight is 663 g/mol. The van der Waals surface area contributed by atoms with Gasteiger partial charge in [0.1, 0.15) is 11.9 Å². The lowest BCUT2D eigenvalue weighted by atomic mass is 10.0. The number of hydrogen-bond donors (Lipinski definition) is 3. The molecule has 3 aromatic carbocycles. The van der Waals surface area contributed by atoms with Crippen LogP contribution in [0.4, 0.5) is 11.5 Å². The van der Waals surface area contributed by atoms with Crippen molar-refractivity contribution in [3.05, 3.63) is 84.1 Å². The molecule has 250 valence electrons. The molecule has 0 aliphatic heterocycles. The van der Waals surface area contributed by atoms with Crippen molar-refractivity contribution in [2.45, 2.75) is 69.4 Å². The van der Waals surface area contributed by atoms with E-state index in [0.717, 1.165) is 10.8 Å². The van der Waals surface area contributed by atoms with E-state index >= 15 is 0 Å². The lowest BCUT2D eigenvalue weighted by molar-refractivity contribution is -0.141. The van der Waals surface area contributed by atoms with Crippen LogP contribution in [0.3, 0.4) is 0 Å². The van der Waals surface area contributed by atoms with Crippen molar-refractivity contribution in [2.24, 2.45) is 0 Å². The number of carbonyl (C=O) groups is 2. The molecule has 1 heterocycles. The molecule has 0 bridgehead atoms. The highest BCUT2D eigenvalue weighted by atomic mass is 32.2. The molecular weight excluding hydrogens is 620 g/mol. The Hall–Kier alpha value is -4.84. The van der Waals surface area contributed by atoms with Crippen molar-refractivity contribution in [1.29, 1.82) is 0 Å². The Labute approximate surface area is 275 Å². The third-order valence-electron chi connectivity index (χ3n) is 7.47. The third kappa shape index (κ3) is 8.31. The van der Waals surface area contributed by atoms with Gasteiger partial charge in [0.15, 0.2) is 21.3 Å². The summed E-state index contributed by atoms with van der Waals surface area (Å²) < 4.78 is 43.5. The minimum absolute atomic E-state index is 0.0307. The van der Waals surface area contributed by atoms with E-state index in [4.69, 9.17) is 19.9 Å². The molecule has 11 nitrogen and oxygen atoms in total. The van der Waals surface area contributed by atoms with Crippen molar-refractivity contribution in [3.8, 4) is 11.5 Å². The molecule has 0 spiro atoms. The first kappa shape index (κ1) is 35.0. The largest absolute Gasteiger partial charge is 0.490 e. The van der Waals surface area contributed by atoms with Crippen LogP contribution >= 0.6 is 0 Å². The molecule has 4 N–H and O–H groups in total. The van der Waals surface area contributed by atoms with Gasteiger partial charge in [-0.25, -0.2) is 13.4 Å². The number of benzene rings is 3. The third-order valence-corrected chi connectivity index (χ3v) is 9.69. The van der Waals surface area contributed by atoms with Crippen molar-refractivity contribution < 1.29 is 32.2 Å². The van der Waals surface area contributed by atoms with Crippen LogP contribution < -0.4 is 25.8 Å². The predicted octanol–water partition coefficient (Wildman–Crippen LogP) is 5.76. The number of aromatic nitrogens is 1. The number of amides is 1. The Balaban J connectivity index is 1.82. The van der Waals surface area contributed by atoms with Crippen LogP contribution in [0.25, 0.3) is 10.8 Å². The lowest BCUT2D eigenvalue weighted by Gasteiger charge is -2.26. The number of ether oxygens (including phenoxy) is 3. The predicted molar refractivity (Wildman–Crippen MR) is 182 cm³/mol. The summed E-state index contributed by atoms with van der Waals surface area (Å²) in [6, 6.07) is 16.8. The molecule has 1 amide bonds. The van der Waals surface area contributed by atoms with Crippen molar-refractivity contribution in [2.75, 3.05) is 24.8 Å². The van der Waals surface area contributed by atoms with Gasteiger partial charge in [0.2, 0.25) is 5.91 Å². The second kappa shape index (κ2) is 15.2. The Morgan fingerprint density at radius 1 is 0.957 bits per heavy atom. The van der Waals surface area contributed by atoms with E-state index in [-0.39, 0.29) is 23.0 Å². The van der Waals surface area contributed by atoms with Gasteiger partial charge in [-0.2, -0.15) is 0 Å². The molecule has 0 saturated heterocycles. The fourth-order valence-electron chi connectivity index (χ4n) is 5.11. The van der Waals surface area contributed by atoms with Crippen molar-refractivity contribution in [1.82, 2.24) is 10.3 Å². The highest BCUT2D eigenvalue weighted by Crippen LogP contribution is 2.35. The Kier molecular flexibility index (Phi) is 11.3. The fraction of sp³-hybridized carbons (Fsp3) is 0.343. The van der Waals surface area contributed by atoms with Crippen LogP contribution in [0.15, 0.2) is 77.8 Å². The van der Waals surface area contributed by atoms with E-state index < -0.39 is 39.0 Å². The number of sulfone groups is 1. The van der Waals surface area contributed by atoms with Gasteiger partial charge in [0.25, 0.3) is 0 Å². The standard InChI is InChI=1S/C35H42N4O7S/c1-7-45-29-15-12-24(19-30(29)46-21(2)3)33(38-25-13-14-26-23(18-25)16-17-37-34(26)36)35(41)39-28(20-32(40)44-6)27-10-8-9-11-31(27)47(42,43)22(4)5/h8-19,21-22,28,33,38H,7,20H2,1-6H3,(H2,36,37)(H,39,41)/t28-,33?/m1/s1. The number of nitrogens with one attached hydrogen (secondary N) is 2. The average Bonchev–Trinajstić information content (AvgIpc) is 3.03. The number of rotatable bonds is 14. The summed E-state index contributed by atoms with van der Waals surface area (Å²) in [4.78, 5) is 31.2. The maximum atomic E-state index is 14.4. The van der Waals surface area contributed by atoms with Gasteiger partial charge in [-0.15, -0.1) is 0 Å². The zero-order valence-electron chi connectivity index (χ0n) is 27.4. The number of pyridine rings is 1. The number of carbonyl (C=O) groups excluding carboxylic acids is 2. The zero-order valence-corrected chi connectivity index (χ0v) is 28.3. The summed E-state index contributed by atoms with van der Waals surface area (Å²) in [7, 11) is -2.53. The number of fused-ring (bicyclic) bond motifs is 1. The summed E-state index contributed by atoms with van der Waals surface area (Å²) in [6.07, 6.45) is 1.13. The van der Waals surface area contributed by atoms with E-state index in [9.17, 15) is 18.0 Å². The highest BCUT2D eigenvalue weighted by Gasteiger charge is 2.31. The summed E-state index contributed by atoms with van der Waals surface area (Å²) in [5, 5.41) is 7.11. The zero-order chi connectivity index (χ0) is 34.3. The van der Waals surface area contributed by atoms with Crippen LogP contribution in [0.5, 0.6) is 11.5 Å². The number of methoxy groups -OCH3 is 1. The van der Waals surface area contributed by atoms with E-state index in [1.54, 1.807) is 62.5 Å². The Morgan fingerprint density at radius 2 is 1.70 bits per heavy atom. The molecule has 4 aromatic rings. The molecule has 2 atom stereocenters. The van der Waals surface area contributed by atoms with Crippen LogP contribution in [-0.4, -0.2) is 50.3 Å². The summed E-state index contributed by atoms with van der Waals surface area (Å²) >= 11 is 0. The number of nitrogens with two attached hydrogens (primary N) is 1. The van der Waals surface area contributed by atoms with Gasteiger partial charge in [0.05, 0.1) is 42.4 Å². The van der Waals surface area contributed by atoms with Gasteiger partial charge in [-0.05, 0) is 93.6 Å². The molecule has 0 fully saturated rings. The van der Waals surface area contributed by atoms with Crippen molar-refractivity contribution >= 4 is 44.0 Å². The first-order chi connectivity index (χ1) is 22.3. The second-order valence-corrected chi connectivity index (χ2v) is 14.0. The topological polar surface area (TPSA) is 159 Å². The SMILES string of the molecule is CCOc1ccc(C(Nc2ccc3c(N)nccc3c2)C(=O)N[C@H](CC(=O)OC)c2ccccc2S(=O)(=O)C(C)C)cc1OC(C)C. The first-order valence-corrected chi connectivity index (χ1v) is 16.9. The smallest absolute Gasteiger partial charge is 0.307 e. The normalized spacial score (nSPS) is 12.9. The molecule has 4 rings (SSSR count). The first-order valence-electron chi connectivity index (χ1n) is 15.4. The molecule has 0 saturated carbocycles. The van der Waals surface area contributed by atoms with E-state index in [1.807, 2.05) is 39.0 Å². The summed E-state index contributed by atoms with van der Waals surface area (Å²) in [6.45, 7) is 9.22. The van der Waals surface area contributed by atoms with Crippen LogP contribution in [0, 0.1) is 0 Å². The molecule has 1 unspecified atom stereocenters. The lowest BCUT2D eigenvalue weighted by Crippen LogP contribution is -2.38. The van der Waals surface area contributed by atoms with E-state index in [0.29, 0.717) is 35.2 Å². The Morgan fingerprint density at radius 3 is 2.38 bits per heavy atom. The molecule has 12 heteroatoms. The molecular formula is C35H42N4O7S. The summed E-state index contributed by atoms with van der Waals surface area (Å²) in [5.74, 6) is 0.214. The number of hydrogen-bond acceptors (Lipinski definition) is 10. The number of anilines is 2. The maximum Gasteiger partial charge on any atom is 0.307 e. The molecule has 0 aliphatic carbocycles. The minimum Gasteiger partial charge on any atom is -0.490 e. The van der Waals surface area contributed by atoms with Gasteiger partial charge < -0.3 is 30.6 Å². The number of nitrogen functional groups attached to an aromatic ring is 1. The molecule has 0 aliphatic rings. The molecule has 1 aromatic heterocycles. The van der Waals surface area contributed by atoms with Gasteiger partial charge in [0, 0.05) is 17.3 Å². The monoisotopic (exact) mass is 662 g/mol. The van der Waals surface area contributed by atoms with Gasteiger partial charge in [-0.3, -0.25) is 9.59 Å². The minimum atomic E-state index is -3.77. The van der Waals surface area contributed by atoms with Gasteiger partial charge in [-0.1, -0.05) is 24.3 Å². The maximum absolute atomic E-state index is 14.4. The van der Waals surface area contributed by atoms with Crippen molar-refractivity contribution in [3.63, 3.8) is 0 Å². The molecule has 0 radical (unpaired) electrons. The van der Waals surface area contributed by atoms with Crippen LogP contribution in [-0.2, 0) is 24.2 Å². The van der Waals surface area contributed by atoms with Crippen LogP contribution in [0.2, 0.25) is 0 Å². The number of nitrogens with zero attached hydrogens (tertiary/aromatic N) is 1. The number of esters is 1. The second-order valence-electron chi connectivity index (χ2n) is 11.5. The quantitative estimate of drug-likeness (QED) is 0.142. The summed E-state index contributed by atoms with van der Waals surface area (Å²) in [5.41, 5.74) is 7.49. The van der Waals surface area contributed by atoms with Crippen LogP contribution in [0.1, 0.15) is 64.3 Å². The highest BCUT2D eigenvalue weighted by molar-refractivity contribution is 7.92. The molecule has 47 heavy (non-hydrogen) atoms. The fourth-order valence-corrected chi connectivity index (χ4v) is 6.42. The van der Waals surface area contributed by atoms with E-state index in [1.165, 1.54) is 13.2 Å². The van der Waals surface area contributed by atoms with Gasteiger partial charge >= 0.3 is 5.97 Å².